The molecule has 0 bridgehead atoms. The van der Waals surface area contributed by atoms with Crippen molar-refractivity contribution in [2.75, 3.05) is 26.2 Å². The van der Waals surface area contributed by atoms with E-state index in [1.54, 1.807) is 23.5 Å². The number of benzene rings is 2. The minimum atomic E-state index is 0.0803. The van der Waals surface area contributed by atoms with Crippen LogP contribution in [0.3, 0.4) is 0 Å². The van der Waals surface area contributed by atoms with Gasteiger partial charge in [-0.1, -0.05) is 25.7 Å². The highest BCUT2D eigenvalue weighted by Crippen LogP contribution is 2.43. The summed E-state index contributed by atoms with van der Waals surface area (Å²) in [6, 6.07) is 13.1. The molecule has 3 aromatic rings. The van der Waals surface area contributed by atoms with Crippen LogP contribution in [-0.4, -0.2) is 42.0 Å². The topological polar surface area (TPSA) is 49.8 Å². The van der Waals surface area contributed by atoms with E-state index in [4.69, 9.17) is 4.74 Å². The summed E-state index contributed by atoms with van der Waals surface area (Å²) in [4.78, 5) is 17.5. The van der Waals surface area contributed by atoms with Crippen LogP contribution in [0.4, 0.5) is 0 Å². The van der Waals surface area contributed by atoms with Crippen molar-refractivity contribution in [3.63, 3.8) is 0 Å². The van der Waals surface area contributed by atoms with Crippen molar-refractivity contribution in [3.05, 3.63) is 58.5 Å². The second-order valence-corrected chi connectivity index (χ2v) is 10.9. The third-order valence-corrected chi connectivity index (χ3v) is 8.67. The first-order valence-corrected chi connectivity index (χ1v) is 13.8. The lowest BCUT2D eigenvalue weighted by Crippen LogP contribution is -2.21. The molecule has 0 unspecified atom stereocenters. The van der Waals surface area contributed by atoms with Crippen molar-refractivity contribution >= 4 is 27.2 Å². The number of aromatic hydroxyl groups is 1. The molecule has 0 spiro atoms. The molecule has 5 rings (SSSR count). The highest BCUT2D eigenvalue weighted by molar-refractivity contribution is 7.19. The summed E-state index contributed by atoms with van der Waals surface area (Å²) in [6.45, 7) is 4.24. The summed E-state index contributed by atoms with van der Waals surface area (Å²) in [5, 5.41) is 11.0. The number of carbonyl (C=O) groups excluding carboxylic acids is 1. The van der Waals surface area contributed by atoms with Crippen LogP contribution >= 0.6 is 11.3 Å². The number of nitrogens with zero attached hydrogens (tertiary/aromatic N) is 1. The molecule has 0 atom stereocenters. The SMILES string of the molecule is O=C(c1ccc(OCCCN2CCCC2)cc1)c1c(C2CCCCCC2)sc2cc(O)ccc12. The molecule has 4 nitrogen and oxygen atoms in total. The number of thiophene rings is 1. The van der Waals surface area contributed by atoms with Gasteiger partial charge in [0.1, 0.15) is 11.5 Å². The summed E-state index contributed by atoms with van der Waals surface area (Å²) in [5.41, 5.74) is 1.54. The molecule has 0 radical (unpaired) electrons. The lowest BCUT2D eigenvalue weighted by atomic mass is 9.91. The number of ether oxygens (including phenoxy) is 1. The Hall–Kier alpha value is -2.37. The monoisotopic (exact) mass is 477 g/mol. The van der Waals surface area contributed by atoms with Crippen molar-refractivity contribution in [3.8, 4) is 11.5 Å². The lowest BCUT2D eigenvalue weighted by molar-refractivity contribution is 0.103. The number of ketones is 1. The summed E-state index contributed by atoms with van der Waals surface area (Å²) in [6.07, 6.45) is 11.0. The molecule has 1 aromatic heterocycles. The minimum Gasteiger partial charge on any atom is -0.508 e. The maximum absolute atomic E-state index is 13.8. The van der Waals surface area contributed by atoms with Gasteiger partial charge in [-0.05, 0) is 93.6 Å². The maximum atomic E-state index is 13.8. The molecule has 1 N–H and O–H groups in total. The molecule has 2 heterocycles. The Morgan fingerprint density at radius 3 is 2.44 bits per heavy atom. The van der Waals surface area contributed by atoms with Gasteiger partial charge in [0.25, 0.3) is 0 Å². The number of carbonyl (C=O) groups is 1. The van der Waals surface area contributed by atoms with E-state index in [2.05, 4.69) is 4.90 Å². The van der Waals surface area contributed by atoms with Gasteiger partial charge in [-0.15, -0.1) is 11.3 Å². The zero-order chi connectivity index (χ0) is 23.3. The summed E-state index contributed by atoms with van der Waals surface area (Å²) >= 11 is 1.69. The van der Waals surface area contributed by atoms with Crippen LogP contribution in [0.5, 0.6) is 11.5 Å². The Kier molecular flexibility index (Phi) is 7.51. The number of hydrogen-bond donors (Lipinski definition) is 1. The molecule has 1 aliphatic carbocycles. The molecule has 2 fully saturated rings. The zero-order valence-corrected chi connectivity index (χ0v) is 20.7. The van der Waals surface area contributed by atoms with Crippen molar-refractivity contribution in [1.29, 1.82) is 0 Å². The number of phenols is 1. The van der Waals surface area contributed by atoms with Gasteiger partial charge in [0, 0.05) is 32.6 Å². The molecule has 1 saturated heterocycles. The highest BCUT2D eigenvalue weighted by atomic mass is 32.1. The fourth-order valence-electron chi connectivity index (χ4n) is 5.50. The highest BCUT2D eigenvalue weighted by Gasteiger charge is 2.26. The van der Waals surface area contributed by atoms with Gasteiger partial charge in [-0.2, -0.15) is 0 Å². The standard InChI is InChI=1S/C29H35NO3S/c31-23-12-15-25-26(20-23)34-29(22-8-3-1-2-4-9-22)27(25)28(32)21-10-13-24(14-11-21)33-19-7-18-30-16-5-6-17-30/h10-15,20,22,31H,1-9,16-19H2. The number of likely N-dealkylation sites (tertiary alicyclic amines) is 1. The van der Waals surface area contributed by atoms with Crippen LogP contribution < -0.4 is 4.74 Å². The number of fused-ring (bicyclic) bond motifs is 1. The van der Waals surface area contributed by atoms with E-state index in [9.17, 15) is 9.90 Å². The molecule has 2 aliphatic rings. The Morgan fingerprint density at radius 1 is 0.971 bits per heavy atom. The van der Waals surface area contributed by atoms with Crippen molar-refractivity contribution < 1.29 is 14.6 Å². The Bertz CT molecular complexity index is 1110. The first-order valence-electron chi connectivity index (χ1n) is 12.9. The fraction of sp³-hybridized carbons (Fsp3) is 0.483. The Balaban J connectivity index is 1.33. The van der Waals surface area contributed by atoms with Crippen molar-refractivity contribution in [2.45, 2.75) is 63.7 Å². The van der Waals surface area contributed by atoms with Crippen LogP contribution in [0.1, 0.15) is 84.5 Å². The smallest absolute Gasteiger partial charge is 0.194 e. The maximum Gasteiger partial charge on any atom is 0.194 e. The second-order valence-electron chi connectivity index (χ2n) is 9.81. The van der Waals surface area contributed by atoms with E-state index >= 15 is 0 Å². The van der Waals surface area contributed by atoms with Crippen LogP contribution in [0.25, 0.3) is 10.1 Å². The molecule has 5 heteroatoms. The summed E-state index contributed by atoms with van der Waals surface area (Å²) in [7, 11) is 0. The molecule has 34 heavy (non-hydrogen) atoms. The molecule has 180 valence electrons. The zero-order valence-electron chi connectivity index (χ0n) is 19.9. The average molecular weight is 478 g/mol. The first kappa shape index (κ1) is 23.4. The van der Waals surface area contributed by atoms with Gasteiger partial charge in [-0.3, -0.25) is 4.79 Å². The third kappa shape index (κ3) is 5.31. The summed E-state index contributed by atoms with van der Waals surface area (Å²) in [5.74, 6) is 1.59. The number of hydrogen-bond acceptors (Lipinski definition) is 5. The molecule has 2 aromatic carbocycles. The van der Waals surface area contributed by atoms with Crippen molar-refractivity contribution in [1.82, 2.24) is 4.90 Å². The molecule has 1 saturated carbocycles. The van der Waals surface area contributed by atoms with Crippen molar-refractivity contribution in [2.24, 2.45) is 0 Å². The average Bonchev–Trinajstić information content (AvgIpc) is 3.41. The van der Waals surface area contributed by atoms with Crippen LogP contribution in [-0.2, 0) is 0 Å². The predicted molar refractivity (Wildman–Crippen MR) is 140 cm³/mol. The van der Waals surface area contributed by atoms with Gasteiger partial charge >= 0.3 is 0 Å². The van der Waals surface area contributed by atoms with Gasteiger partial charge in [0.15, 0.2) is 5.78 Å². The van der Waals surface area contributed by atoms with E-state index < -0.39 is 0 Å². The number of phenolic OH excluding ortho intramolecular Hbond substituents is 1. The quantitative estimate of drug-likeness (QED) is 0.213. The Morgan fingerprint density at radius 2 is 1.71 bits per heavy atom. The second kappa shape index (κ2) is 10.9. The van der Waals surface area contributed by atoms with Gasteiger partial charge in [0.05, 0.1) is 6.61 Å². The van der Waals surface area contributed by atoms with Crippen LogP contribution in [0.2, 0.25) is 0 Å². The fourth-order valence-corrected chi connectivity index (χ4v) is 6.90. The lowest BCUT2D eigenvalue weighted by Gasteiger charge is -2.15. The van der Waals surface area contributed by atoms with Gasteiger partial charge < -0.3 is 14.7 Å². The number of rotatable bonds is 8. The van der Waals surface area contributed by atoms with E-state index in [1.165, 1.54) is 56.5 Å². The molecule has 1 aliphatic heterocycles. The minimum absolute atomic E-state index is 0.0803. The van der Waals surface area contributed by atoms with Crippen LogP contribution in [0.15, 0.2) is 42.5 Å². The summed E-state index contributed by atoms with van der Waals surface area (Å²) < 4.78 is 6.94. The van der Waals surface area contributed by atoms with E-state index in [1.807, 2.05) is 30.3 Å². The van der Waals surface area contributed by atoms with Gasteiger partial charge in [0.2, 0.25) is 0 Å². The van der Waals surface area contributed by atoms with Gasteiger partial charge in [-0.25, -0.2) is 0 Å². The molecule has 0 amide bonds. The molecular formula is C29H35NO3S. The third-order valence-electron chi connectivity index (χ3n) is 7.36. The van der Waals surface area contributed by atoms with E-state index in [-0.39, 0.29) is 11.5 Å². The van der Waals surface area contributed by atoms with E-state index in [0.717, 1.165) is 47.2 Å². The van der Waals surface area contributed by atoms with E-state index in [0.29, 0.717) is 18.1 Å². The van der Waals surface area contributed by atoms with Crippen LogP contribution in [0, 0.1) is 0 Å². The Labute approximate surface area is 206 Å². The normalized spacial score (nSPS) is 17.8. The largest absolute Gasteiger partial charge is 0.508 e. The molecular weight excluding hydrogens is 442 g/mol. The predicted octanol–water partition coefficient (Wildman–Crippen LogP) is 7.14. The first-order chi connectivity index (χ1) is 16.7.